The van der Waals surface area contributed by atoms with Crippen LogP contribution in [-0.4, -0.2) is 22.1 Å². The molecule has 1 amide bonds. The number of nitrogens with zero attached hydrogens (tertiary/aromatic N) is 2. The number of hydrogen-bond acceptors (Lipinski definition) is 3. The second-order valence-corrected chi connectivity index (χ2v) is 6.04. The van der Waals surface area contributed by atoms with Gasteiger partial charge in [-0.15, -0.1) is 5.10 Å². The van der Waals surface area contributed by atoms with Gasteiger partial charge in [0.15, 0.2) is 5.69 Å². The molecule has 24 heavy (non-hydrogen) atoms. The summed E-state index contributed by atoms with van der Waals surface area (Å²) in [6, 6.07) is 7.72. The van der Waals surface area contributed by atoms with E-state index in [0.29, 0.717) is 11.4 Å². The minimum Gasteiger partial charge on any atom is -0.347 e. The van der Waals surface area contributed by atoms with Crippen LogP contribution in [0.25, 0.3) is 0 Å². The number of aromatic nitrogens is 2. The van der Waals surface area contributed by atoms with E-state index in [9.17, 15) is 18.0 Å². The molecule has 0 bridgehead atoms. The van der Waals surface area contributed by atoms with Gasteiger partial charge in [0.25, 0.3) is 5.91 Å². The Bertz CT molecular complexity index is 749. The van der Waals surface area contributed by atoms with Gasteiger partial charge in [0.2, 0.25) is 0 Å². The summed E-state index contributed by atoms with van der Waals surface area (Å²) < 4.78 is 38.9. The Labute approximate surface area is 141 Å². The minimum absolute atomic E-state index is 0.0530. The molecule has 1 aliphatic carbocycles. The molecule has 126 valence electrons. The smallest absolute Gasteiger partial charge is 0.347 e. The monoisotopic (exact) mass is 355 g/mol. The van der Waals surface area contributed by atoms with Crippen molar-refractivity contribution in [3.05, 3.63) is 58.4 Å². The lowest BCUT2D eigenvalue weighted by Crippen LogP contribution is -2.46. The molecule has 1 N–H and O–H groups in total. The van der Waals surface area contributed by atoms with Gasteiger partial charge in [-0.1, -0.05) is 23.7 Å². The quantitative estimate of drug-likeness (QED) is 0.910. The number of rotatable bonds is 3. The largest absolute Gasteiger partial charge is 0.418 e. The topological polar surface area (TPSA) is 54.9 Å². The number of benzene rings is 1. The maximum absolute atomic E-state index is 13.0. The number of carbonyl (C=O) groups is 1. The van der Waals surface area contributed by atoms with Crippen molar-refractivity contribution in [1.82, 2.24) is 15.5 Å². The molecule has 4 nitrogen and oxygen atoms in total. The van der Waals surface area contributed by atoms with E-state index in [0.717, 1.165) is 24.2 Å². The molecule has 0 saturated heterocycles. The highest BCUT2D eigenvalue weighted by Crippen LogP contribution is 2.38. The average molecular weight is 356 g/mol. The Kier molecular flexibility index (Phi) is 4.45. The van der Waals surface area contributed by atoms with Crippen molar-refractivity contribution in [2.75, 3.05) is 0 Å². The van der Waals surface area contributed by atoms with Crippen LogP contribution in [0.4, 0.5) is 13.2 Å². The molecule has 1 aromatic heterocycles. The first-order chi connectivity index (χ1) is 11.4. The standard InChI is InChI=1S/C16H13ClF3N3O/c17-10-3-1-9(2-4-10)11-5-6-13(11)22-15(24)14-12(16(18,19)20)7-8-21-23-14/h1-4,7-8,11,13H,5-6H2,(H,22,24)/t11-,13-/m0/s1. The van der Waals surface area contributed by atoms with Gasteiger partial charge in [-0.2, -0.15) is 18.3 Å². The molecule has 0 spiro atoms. The molecule has 0 aliphatic heterocycles. The fourth-order valence-corrected chi connectivity index (χ4v) is 2.87. The lowest BCUT2D eigenvalue weighted by Gasteiger charge is -2.37. The molecular weight excluding hydrogens is 343 g/mol. The van der Waals surface area contributed by atoms with Gasteiger partial charge in [0, 0.05) is 17.0 Å². The van der Waals surface area contributed by atoms with E-state index in [-0.39, 0.29) is 12.0 Å². The van der Waals surface area contributed by atoms with Crippen LogP contribution >= 0.6 is 11.6 Å². The van der Waals surface area contributed by atoms with Crippen LogP contribution in [0.2, 0.25) is 5.02 Å². The van der Waals surface area contributed by atoms with Crippen molar-refractivity contribution >= 4 is 17.5 Å². The SMILES string of the molecule is O=C(N[C@H]1CC[C@H]1c1ccc(Cl)cc1)c1nnccc1C(F)(F)F. The van der Waals surface area contributed by atoms with Gasteiger partial charge in [0.05, 0.1) is 11.8 Å². The third-order valence-electron chi connectivity index (χ3n) is 4.13. The van der Waals surface area contributed by atoms with Crippen LogP contribution in [0.3, 0.4) is 0 Å². The van der Waals surface area contributed by atoms with E-state index >= 15 is 0 Å². The molecule has 2 atom stereocenters. The normalized spacial score (nSPS) is 20.3. The van der Waals surface area contributed by atoms with Crippen molar-refractivity contribution in [3.8, 4) is 0 Å². The van der Waals surface area contributed by atoms with E-state index in [4.69, 9.17) is 11.6 Å². The summed E-state index contributed by atoms with van der Waals surface area (Å²) in [5, 5.41) is 10.00. The zero-order valence-electron chi connectivity index (χ0n) is 12.3. The van der Waals surface area contributed by atoms with Crippen molar-refractivity contribution in [2.24, 2.45) is 0 Å². The first-order valence-electron chi connectivity index (χ1n) is 7.31. The summed E-state index contributed by atoms with van der Waals surface area (Å²) in [7, 11) is 0. The molecule has 1 fully saturated rings. The van der Waals surface area contributed by atoms with Crippen LogP contribution in [0.1, 0.15) is 40.4 Å². The molecule has 2 aromatic rings. The maximum Gasteiger partial charge on any atom is 0.418 e. The van der Waals surface area contributed by atoms with Crippen LogP contribution < -0.4 is 5.32 Å². The highest BCUT2D eigenvalue weighted by Gasteiger charge is 2.39. The van der Waals surface area contributed by atoms with Crippen molar-refractivity contribution in [1.29, 1.82) is 0 Å². The number of hydrogen-bond donors (Lipinski definition) is 1. The number of alkyl halides is 3. The first kappa shape index (κ1) is 16.7. The average Bonchev–Trinajstić information content (AvgIpc) is 2.52. The lowest BCUT2D eigenvalue weighted by molar-refractivity contribution is -0.138. The zero-order valence-corrected chi connectivity index (χ0v) is 13.1. The van der Waals surface area contributed by atoms with E-state index in [1.807, 2.05) is 12.1 Å². The van der Waals surface area contributed by atoms with Crippen LogP contribution in [0, 0.1) is 0 Å². The molecule has 1 saturated carbocycles. The lowest BCUT2D eigenvalue weighted by atomic mass is 9.75. The van der Waals surface area contributed by atoms with Gasteiger partial charge in [-0.3, -0.25) is 4.79 Å². The van der Waals surface area contributed by atoms with Crippen molar-refractivity contribution < 1.29 is 18.0 Å². The molecule has 0 radical (unpaired) electrons. The number of halogens is 4. The highest BCUT2D eigenvalue weighted by molar-refractivity contribution is 6.30. The van der Waals surface area contributed by atoms with Crippen LogP contribution in [0.5, 0.6) is 0 Å². The Morgan fingerprint density at radius 3 is 2.46 bits per heavy atom. The van der Waals surface area contributed by atoms with Gasteiger partial charge < -0.3 is 5.32 Å². The molecule has 8 heteroatoms. The van der Waals surface area contributed by atoms with Crippen molar-refractivity contribution in [3.63, 3.8) is 0 Å². The van der Waals surface area contributed by atoms with Gasteiger partial charge in [0.1, 0.15) is 0 Å². The third-order valence-corrected chi connectivity index (χ3v) is 4.38. The van der Waals surface area contributed by atoms with Crippen LogP contribution in [0.15, 0.2) is 36.5 Å². The Balaban J connectivity index is 1.75. The first-order valence-corrected chi connectivity index (χ1v) is 7.69. The summed E-state index contributed by atoms with van der Waals surface area (Å²) in [5.41, 5.74) is -0.796. The highest BCUT2D eigenvalue weighted by atomic mass is 35.5. The number of nitrogens with one attached hydrogen (secondary N) is 1. The second-order valence-electron chi connectivity index (χ2n) is 5.61. The summed E-state index contributed by atoms with van der Waals surface area (Å²) >= 11 is 5.85. The van der Waals surface area contributed by atoms with E-state index in [2.05, 4.69) is 15.5 Å². The van der Waals surface area contributed by atoms with Gasteiger partial charge >= 0.3 is 6.18 Å². The number of carbonyl (C=O) groups excluding carboxylic acids is 1. The maximum atomic E-state index is 13.0. The Hall–Kier alpha value is -2.15. The van der Waals surface area contributed by atoms with Crippen LogP contribution in [-0.2, 0) is 6.18 Å². The fraction of sp³-hybridized carbons (Fsp3) is 0.312. The predicted octanol–water partition coefficient (Wildman–Crippen LogP) is 3.82. The summed E-state index contributed by atoms with van der Waals surface area (Å²) in [6.45, 7) is 0. The molecule has 1 heterocycles. The summed E-state index contributed by atoms with van der Waals surface area (Å²) in [6.07, 6.45) is -2.20. The van der Waals surface area contributed by atoms with Crippen molar-refractivity contribution in [2.45, 2.75) is 31.0 Å². The zero-order chi connectivity index (χ0) is 17.3. The minimum atomic E-state index is -4.65. The second kappa shape index (κ2) is 6.39. The molecule has 0 unspecified atom stereocenters. The van der Waals surface area contributed by atoms with Gasteiger partial charge in [-0.05, 0) is 36.6 Å². The van der Waals surface area contributed by atoms with E-state index < -0.39 is 23.3 Å². The predicted molar refractivity (Wildman–Crippen MR) is 81.7 cm³/mol. The summed E-state index contributed by atoms with van der Waals surface area (Å²) in [4.78, 5) is 12.2. The third kappa shape index (κ3) is 3.36. The summed E-state index contributed by atoms with van der Waals surface area (Å²) in [5.74, 6) is -0.809. The van der Waals surface area contributed by atoms with E-state index in [1.165, 1.54) is 0 Å². The fourth-order valence-electron chi connectivity index (χ4n) is 2.75. The van der Waals surface area contributed by atoms with E-state index in [1.54, 1.807) is 12.1 Å². The molecular formula is C16H13ClF3N3O. The molecule has 1 aliphatic rings. The van der Waals surface area contributed by atoms with Gasteiger partial charge in [-0.25, -0.2) is 0 Å². The molecule has 1 aromatic carbocycles. The number of amides is 1. The Morgan fingerprint density at radius 1 is 1.17 bits per heavy atom. The molecule has 3 rings (SSSR count). The Morgan fingerprint density at radius 2 is 1.88 bits per heavy atom.